The molecular formula is C60H67ClF3N13O6. The molecular weight excluding hydrogens is 1090 g/mol. The summed E-state index contributed by atoms with van der Waals surface area (Å²) in [5.41, 5.74) is 4.72. The maximum absolute atomic E-state index is 14.2. The van der Waals surface area contributed by atoms with Crippen molar-refractivity contribution in [1.82, 2.24) is 49.6 Å². The minimum atomic E-state index is -4.67. The van der Waals surface area contributed by atoms with E-state index >= 15 is 0 Å². The number of halogens is 4. The number of carbonyl (C=O) groups is 3. The first-order valence-electron chi connectivity index (χ1n) is 27.9. The average Bonchev–Trinajstić information content (AvgIpc) is 4.16. The first kappa shape index (κ1) is 58.2. The van der Waals surface area contributed by atoms with E-state index < -0.39 is 24.5 Å². The SMILES string of the molecule is C=CC(=O)N1CCN(c2nc(OC[C@@H]3C[C@@H](N(C)C(=O)C4CCN(Cc5ccc(-n6c(C(=O)NCC(F)(F)F)nnc6-c6cc(C(C)C)c(O)cc6O)cc5)CC4)CN3C)nc3c2CCN(c2cccc4cccc(Cl)c24)C3)C[C@@H]1CC#N. The van der Waals surface area contributed by atoms with E-state index in [0.717, 1.165) is 45.2 Å². The minimum Gasteiger partial charge on any atom is -0.508 e. The molecule has 0 unspecified atom stereocenters. The molecule has 83 heavy (non-hydrogen) atoms. The third-order valence-electron chi connectivity index (χ3n) is 16.6. The van der Waals surface area contributed by atoms with Gasteiger partial charge in [-0.05, 0) is 105 Å². The van der Waals surface area contributed by atoms with E-state index in [1.54, 1.807) is 17.0 Å². The van der Waals surface area contributed by atoms with Crippen LogP contribution in [0.5, 0.6) is 17.5 Å². The van der Waals surface area contributed by atoms with Crippen molar-refractivity contribution in [2.24, 2.45) is 5.92 Å². The molecule has 23 heteroatoms. The fraction of sp³-hybridized carbons (Fsp3) is 0.433. The predicted molar refractivity (Wildman–Crippen MR) is 308 cm³/mol. The van der Waals surface area contributed by atoms with Gasteiger partial charge in [0.1, 0.15) is 30.5 Å². The number of fused-ring (bicyclic) bond motifs is 2. The zero-order chi connectivity index (χ0) is 58.9. The Bertz CT molecular complexity index is 3450. The number of piperazine rings is 1. The number of hydrogen-bond acceptors (Lipinski definition) is 15. The normalized spacial score (nSPS) is 19.0. The summed E-state index contributed by atoms with van der Waals surface area (Å²) in [6.45, 7) is 11.1. The van der Waals surface area contributed by atoms with Crippen LogP contribution in [-0.4, -0.2) is 170 Å². The molecule has 4 aromatic carbocycles. The number of benzene rings is 4. The van der Waals surface area contributed by atoms with E-state index in [1.165, 1.54) is 16.7 Å². The lowest BCUT2D eigenvalue weighted by Gasteiger charge is -2.42. The Kier molecular flexibility index (Phi) is 17.1. The van der Waals surface area contributed by atoms with Crippen molar-refractivity contribution in [3.8, 4) is 40.7 Å². The monoisotopic (exact) mass is 1160 g/mol. The van der Waals surface area contributed by atoms with E-state index in [0.29, 0.717) is 101 Å². The Morgan fingerprint density at radius 3 is 2.41 bits per heavy atom. The van der Waals surface area contributed by atoms with Crippen molar-refractivity contribution in [1.29, 1.82) is 5.26 Å². The Morgan fingerprint density at radius 2 is 1.70 bits per heavy atom. The van der Waals surface area contributed by atoms with E-state index in [-0.39, 0.29) is 83.7 Å². The number of nitriles is 1. The summed E-state index contributed by atoms with van der Waals surface area (Å²) in [7, 11) is 3.91. The highest BCUT2D eigenvalue weighted by Crippen LogP contribution is 2.40. The quantitative estimate of drug-likeness (QED) is 0.0788. The van der Waals surface area contributed by atoms with Crippen molar-refractivity contribution >= 4 is 51.6 Å². The van der Waals surface area contributed by atoms with E-state index in [9.17, 15) is 43.0 Å². The Balaban J connectivity index is 0.783. The molecule has 6 aromatic rings. The van der Waals surface area contributed by atoms with Gasteiger partial charge in [-0.25, -0.2) is 0 Å². The van der Waals surface area contributed by atoms with Gasteiger partial charge in [-0.15, -0.1) is 10.2 Å². The predicted octanol–water partition coefficient (Wildman–Crippen LogP) is 7.86. The number of carbonyl (C=O) groups excluding carboxylic acids is 3. The summed E-state index contributed by atoms with van der Waals surface area (Å²) in [4.78, 5) is 62.9. The number of amides is 3. The zero-order valence-electron chi connectivity index (χ0n) is 46.8. The molecule has 3 atom stereocenters. The van der Waals surface area contributed by atoms with E-state index in [1.807, 2.05) is 68.5 Å². The number of ether oxygens (including phenoxy) is 1. The Labute approximate surface area is 484 Å². The van der Waals surface area contributed by atoms with Crippen LogP contribution < -0.4 is 19.9 Å². The molecule has 0 aliphatic carbocycles. The lowest BCUT2D eigenvalue weighted by atomic mass is 9.94. The summed E-state index contributed by atoms with van der Waals surface area (Å²) < 4.78 is 47.3. The highest BCUT2D eigenvalue weighted by Gasteiger charge is 2.39. The maximum atomic E-state index is 14.2. The van der Waals surface area contributed by atoms with Crippen LogP contribution in [0.2, 0.25) is 5.02 Å². The van der Waals surface area contributed by atoms with Crippen LogP contribution in [0.3, 0.4) is 0 Å². The number of phenolic OH excluding ortho intramolecular Hbond substituents is 2. The Hall–Kier alpha value is -8.00. The van der Waals surface area contributed by atoms with Crippen molar-refractivity contribution in [3.63, 3.8) is 0 Å². The number of likely N-dealkylation sites (N-methyl/N-ethyl adjacent to an activating group) is 2. The minimum absolute atomic E-state index is 0.00967. The van der Waals surface area contributed by atoms with Crippen LogP contribution in [0.25, 0.3) is 27.8 Å². The zero-order valence-corrected chi connectivity index (χ0v) is 47.6. The molecule has 19 nitrogen and oxygen atoms in total. The lowest BCUT2D eigenvalue weighted by molar-refractivity contribution is -0.137. The average molecular weight is 1160 g/mol. The third kappa shape index (κ3) is 12.5. The van der Waals surface area contributed by atoms with Crippen LogP contribution >= 0.6 is 11.6 Å². The molecule has 2 aromatic heterocycles. The van der Waals surface area contributed by atoms with Gasteiger partial charge >= 0.3 is 12.2 Å². The van der Waals surface area contributed by atoms with Crippen molar-refractivity contribution in [2.45, 2.75) is 89.3 Å². The molecule has 0 bridgehead atoms. The molecule has 436 valence electrons. The smallest absolute Gasteiger partial charge is 0.405 e. The standard InChI is InChI=1S/C60H67ClF3N13O6/c1-6-52(80)76-26-25-75(32-41(76)17-21-65)54-44-20-24-74(49-12-8-10-38-9-7-11-47(61)53(38)49)33-48(44)67-59(68-54)83-34-43-27-42(31-71(43)4)72(5)58(82)39-18-22-73(23-19-39)30-37-13-15-40(16-14-37)77-55(46-28-45(36(2)3)50(78)29-51(46)79)69-70-56(77)57(81)66-35-60(62,63)64/h6-16,28-29,36,39,41-43,78-79H,1,17-20,22-27,30-35H2,2-5H3,(H,66,81)/t41-,42+,43-/m0/s1. The molecule has 0 radical (unpaired) electrons. The summed E-state index contributed by atoms with van der Waals surface area (Å²) in [5.74, 6) is -1.77. The second kappa shape index (κ2) is 24.4. The number of aromatic nitrogens is 5. The molecule has 10 rings (SSSR count). The van der Waals surface area contributed by atoms with Crippen LogP contribution in [0.1, 0.15) is 78.5 Å². The van der Waals surface area contributed by atoms with Gasteiger partial charge < -0.3 is 39.9 Å². The van der Waals surface area contributed by atoms with Gasteiger partial charge in [0.15, 0.2) is 5.82 Å². The van der Waals surface area contributed by atoms with Crippen molar-refractivity contribution < 1.29 is 42.5 Å². The maximum Gasteiger partial charge on any atom is 0.405 e. The summed E-state index contributed by atoms with van der Waals surface area (Å²) in [6, 6.07) is 23.9. The van der Waals surface area contributed by atoms with Crippen molar-refractivity contribution in [2.75, 3.05) is 82.9 Å². The molecule has 6 heterocycles. The van der Waals surface area contributed by atoms with Gasteiger partial charge in [0.2, 0.25) is 17.6 Å². The van der Waals surface area contributed by atoms with Crippen LogP contribution in [0.15, 0.2) is 85.5 Å². The number of likely N-dealkylation sites (tertiary alicyclic amines) is 2. The number of piperidine rings is 1. The van der Waals surface area contributed by atoms with Gasteiger partial charge in [-0.3, -0.25) is 28.8 Å². The van der Waals surface area contributed by atoms with Crippen molar-refractivity contribution in [3.05, 3.63) is 119 Å². The van der Waals surface area contributed by atoms with Gasteiger partial charge in [0.05, 0.1) is 41.4 Å². The topological polar surface area (TPSA) is 213 Å². The first-order chi connectivity index (χ1) is 39.8. The fourth-order valence-corrected chi connectivity index (χ4v) is 12.3. The van der Waals surface area contributed by atoms with E-state index in [4.69, 9.17) is 26.3 Å². The number of rotatable bonds is 16. The third-order valence-corrected chi connectivity index (χ3v) is 16.9. The largest absolute Gasteiger partial charge is 0.508 e. The van der Waals surface area contributed by atoms with Gasteiger partial charge in [0, 0.05) is 92.7 Å². The highest BCUT2D eigenvalue weighted by atomic mass is 35.5. The number of alkyl halides is 3. The molecule has 0 spiro atoms. The molecule has 3 N–H and O–H groups in total. The molecule has 4 aliphatic heterocycles. The number of nitrogens with zero attached hydrogens (tertiary/aromatic N) is 12. The summed E-state index contributed by atoms with van der Waals surface area (Å²) >= 11 is 6.81. The van der Waals surface area contributed by atoms with Crippen LogP contribution in [0, 0.1) is 17.2 Å². The van der Waals surface area contributed by atoms with Gasteiger partial charge in [-0.2, -0.15) is 28.4 Å². The molecule has 3 amide bonds. The highest BCUT2D eigenvalue weighted by molar-refractivity contribution is 6.36. The second-order valence-electron chi connectivity index (χ2n) is 22.3. The summed E-state index contributed by atoms with van der Waals surface area (Å²) in [5, 5.41) is 43.9. The number of anilines is 2. The Morgan fingerprint density at radius 1 is 0.952 bits per heavy atom. The first-order valence-corrected chi connectivity index (χ1v) is 28.3. The summed E-state index contributed by atoms with van der Waals surface area (Å²) in [6.07, 6.45) is -0.571. The fourth-order valence-electron chi connectivity index (χ4n) is 12.1. The molecule has 3 saturated heterocycles. The second-order valence-corrected chi connectivity index (χ2v) is 22.7. The van der Waals surface area contributed by atoms with Gasteiger partial charge in [0.25, 0.3) is 5.91 Å². The number of nitrogens with one attached hydrogen (secondary N) is 1. The number of phenols is 2. The molecule has 0 saturated carbocycles. The molecule has 4 aliphatic rings. The van der Waals surface area contributed by atoms with E-state index in [2.05, 4.69) is 60.6 Å². The van der Waals surface area contributed by atoms with Crippen LogP contribution in [-0.2, 0) is 29.1 Å². The molecule has 3 fully saturated rings. The van der Waals surface area contributed by atoms with Crippen LogP contribution in [0.4, 0.5) is 24.7 Å². The number of hydrogen-bond donors (Lipinski definition) is 3. The number of aromatic hydroxyl groups is 2. The lowest BCUT2D eigenvalue weighted by Crippen LogP contribution is -2.55. The van der Waals surface area contributed by atoms with Gasteiger partial charge in [-0.1, -0.05) is 68.4 Å².